The lowest BCUT2D eigenvalue weighted by molar-refractivity contribution is 0.0602. The molecule has 2 aliphatic rings. The largest absolute Gasteiger partial charge is 0.465 e. The summed E-state index contributed by atoms with van der Waals surface area (Å²) in [7, 11) is -2.68. The van der Waals surface area contributed by atoms with E-state index < -0.39 is 16.0 Å². The first-order chi connectivity index (χ1) is 13.0. The Bertz CT molecular complexity index is 1140. The molecule has 4 rings (SSSR count). The van der Waals surface area contributed by atoms with Crippen molar-refractivity contribution in [3.05, 3.63) is 77.1 Å². The molecule has 2 aliphatic heterocycles. The van der Waals surface area contributed by atoms with Gasteiger partial charge in [-0.2, -0.15) is 0 Å². The topological polar surface area (TPSA) is 87.7 Å². The van der Waals surface area contributed by atoms with E-state index in [-0.39, 0.29) is 16.2 Å². The Kier molecular flexibility index (Phi) is 4.33. The second-order valence-corrected chi connectivity index (χ2v) is 8.24. The summed E-state index contributed by atoms with van der Waals surface area (Å²) < 4.78 is 38.0. The van der Waals surface area contributed by atoms with Crippen LogP contribution in [0.25, 0.3) is 10.8 Å². The maximum absolute atomic E-state index is 13.0. The van der Waals surface area contributed by atoms with Crippen molar-refractivity contribution in [2.75, 3.05) is 11.8 Å². The molecule has 2 heterocycles. The van der Waals surface area contributed by atoms with Crippen LogP contribution in [0, 0.1) is 0 Å². The summed E-state index contributed by atoms with van der Waals surface area (Å²) in [6.07, 6.45) is 6.52. The number of nitrogens with zero attached hydrogens (tertiary/aromatic N) is 1. The molecule has 2 aromatic rings. The molecule has 0 aromatic heterocycles. The van der Waals surface area contributed by atoms with Gasteiger partial charge in [0.15, 0.2) is 0 Å². The maximum atomic E-state index is 13.0. The Balaban J connectivity index is 1.79. The van der Waals surface area contributed by atoms with Gasteiger partial charge < -0.3 is 9.46 Å². The standard InChI is InChI=1S/C18H15N3O4S2/c1-25-18(22)14-9-12-5-2-3-6-13(12)10-15(14)20-27(23,24)17-7-4-8-21-16(17)11-19-26-21/h2-11,19-20H,1H3. The molecule has 0 saturated carbocycles. The van der Waals surface area contributed by atoms with E-state index in [0.717, 1.165) is 10.8 Å². The molecule has 0 saturated heterocycles. The molecule has 0 fully saturated rings. The molecule has 2 N–H and O–H groups in total. The van der Waals surface area contributed by atoms with Gasteiger partial charge in [0, 0.05) is 12.4 Å². The first-order valence-corrected chi connectivity index (χ1v) is 10.2. The highest BCUT2D eigenvalue weighted by Gasteiger charge is 2.30. The Morgan fingerprint density at radius 2 is 1.96 bits per heavy atom. The van der Waals surface area contributed by atoms with Crippen LogP contribution in [0.4, 0.5) is 5.69 Å². The molecule has 0 bridgehead atoms. The van der Waals surface area contributed by atoms with Crippen LogP contribution in [0.15, 0.2) is 71.6 Å². The minimum Gasteiger partial charge on any atom is -0.465 e. The lowest BCUT2D eigenvalue weighted by Crippen LogP contribution is -2.22. The fourth-order valence-electron chi connectivity index (χ4n) is 2.87. The molecule has 9 heteroatoms. The number of hydrogen-bond acceptors (Lipinski definition) is 7. The Hall–Kier alpha value is -2.91. The third-order valence-electron chi connectivity index (χ3n) is 4.13. The number of hydrogen-bond donors (Lipinski definition) is 2. The highest BCUT2D eigenvalue weighted by Crippen LogP contribution is 2.34. The van der Waals surface area contributed by atoms with Gasteiger partial charge in [0.25, 0.3) is 10.0 Å². The minimum atomic E-state index is -3.93. The summed E-state index contributed by atoms with van der Waals surface area (Å²) >= 11 is 1.26. The molecule has 0 unspecified atom stereocenters. The number of allylic oxidation sites excluding steroid dienone is 2. The lowest BCUT2D eigenvalue weighted by Gasteiger charge is -2.21. The number of carbonyl (C=O) groups is 1. The van der Waals surface area contributed by atoms with Gasteiger partial charge in [-0.25, -0.2) is 13.2 Å². The van der Waals surface area contributed by atoms with E-state index in [2.05, 4.69) is 9.44 Å². The number of rotatable bonds is 4. The van der Waals surface area contributed by atoms with Crippen LogP contribution in [0.3, 0.4) is 0 Å². The average Bonchev–Trinajstić information content (AvgIpc) is 3.15. The van der Waals surface area contributed by atoms with Crippen LogP contribution in [-0.4, -0.2) is 25.8 Å². The van der Waals surface area contributed by atoms with Gasteiger partial charge >= 0.3 is 5.97 Å². The van der Waals surface area contributed by atoms with E-state index in [9.17, 15) is 13.2 Å². The van der Waals surface area contributed by atoms with E-state index in [1.807, 2.05) is 24.3 Å². The van der Waals surface area contributed by atoms with Crippen molar-refractivity contribution in [3.8, 4) is 0 Å². The normalized spacial score (nSPS) is 15.7. The van der Waals surface area contributed by atoms with E-state index in [4.69, 9.17) is 4.74 Å². The molecular weight excluding hydrogens is 386 g/mol. The molecule has 0 amide bonds. The fraction of sp³-hybridized carbons (Fsp3) is 0.0556. The van der Waals surface area contributed by atoms with Gasteiger partial charge in [0.05, 0.1) is 36.2 Å². The van der Waals surface area contributed by atoms with Crippen LogP contribution in [-0.2, 0) is 14.8 Å². The zero-order valence-electron chi connectivity index (χ0n) is 14.2. The van der Waals surface area contributed by atoms with E-state index in [0.29, 0.717) is 5.70 Å². The second-order valence-electron chi connectivity index (χ2n) is 5.78. The highest BCUT2D eigenvalue weighted by atomic mass is 32.2. The summed E-state index contributed by atoms with van der Waals surface area (Å²) in [5.74, 6) is -0.616. The number of methoxy groups -OCH3 is 1. The Morgan fingerprint density at radius 1 is 1.22 bits per heavy atom. The third-order valence-corrected chi connectivity index (χ3v) is 6.28. The number of carbonyl (C=O) groups excluding carboxylic acids is 1. The molecular formula is C18H15N3O4S2. The molecule has 0 spiro atoms. The van der Waals surface area contributed by atoms with Crippen LogP contribution < -0.4 is 9.44 Å². The smallest absolute Gasteiger partial charge is 0.340 e. The van der Waals surface area contributed by atoms with Gasteiger partial charge in [-0.1, -0.05) is 24.3 Å². The Morgan fingerprint density at radius 3 is 2.70 bits per heavy atom. The SMILES string of the molecule is COC(=O)c1cc2ccccc2cc1NS(=O)(=O)C1=CC=CN2SNC=C12. The van der Waals surface area contributed by atoms with Gasteiger partial charge in [-0.05, 0) is 35.1 Å². The van der Waals surface area contributed by atoms with Crippen LogP contribution in [0.1, 0.15) is 10.4 Å². The zero-order valence-corrected chi connectivity index (χ0v) is 15.8. The highest BCUT2D eigenvalue weighted by molar-refractivity contribution is 7.97. The molecule has 7 nitrogen and oxygen atoms in total. The van der Waals surface area contributed by atoms with Gasteiger partial charge in [-0.3, -0.25) is 9.03 Å². The number of nitrogens with one attached hydrogen (secondary N) is 2. The monoisotopic (exact) mass is 401 g/mol. The molecule has 0 radical (unpaired) electrons. The number of esters is 1. The van der Waals surface area contributed by atoms with Gasteiger partial charge in [-0.15, -0.1) is 0 Å². The van der Waals surface area contributed by atoms with Crippen LogP contribution >= 0.6 is 12.1 Å². The van der Waals surface area contributed by atoms with E-state index >= 15 is 0 Å². The van der Waals surface area contributed by atoms with Crippen molar-refractivity contribution in [1.29, 1.82) is 0 Å². The van der Waals surface area contributed by atoms with Crippen molar-refractivity contribution in [2.24, 2.45) is 0 Å². The number of benzene rings is 2. The molecule has 27 heavy (non-hydrogen) atoms. The summed E-state index contributed by atoms with van der Waals surface area (Å²) in [6.45, 7) is 0. The van der Waals surface area contributed by atoms with Crippen molar-refractivity contribution in [2.45, 2.75) is 0 Å². The lowest BCUT2D eigenvalue weighted by atomic mass is 10.1. The van der Waals surface area contributed by atoms with Gasteiger partial charge in [0.1, 0.15) is 4.91 Å². The van der Waals surface area contributed by atoms with Crippen molar-refractivity contribution in [1.82, 2.24) is 9.03 Å². The average molecular weight is 401 g/mol. The Labute approximate surface area is 160 Å². The summed E-state index contributed by atoms with van der Waals surface area (Å²) in [5, 5.41) is 1.62. The maximum Gasteiger partial charge on any atom is 0.340 e. The number of fused-ring (bicyclic) bond motifs is 2. The van der Waals surface area contributed by atoms with Crippen molar-refractivity contribution < 1.29 is 17.9 Å². The fourth-order valence-corrected chi connectivity index (χ4v) is 4.84. The molecule has 0 aliphatic carbocycles. The van der Waals surface area contributed by atoms with Crippen molar-refractivity contribution >= 4 is 44.6 Å². The quantitative estimate of drug-likeness (QED) is 0.601. The van der Waals surface area contributed by atoms with Crippen molar-refractivity contribution in [3.63, 3.8) is 0 Å². The minimum absolute atomic E-state index is 0.103. The number of ether oxygens (including phenoxy) is 1. The third kappa shape index (κ3) is 3.15. The van der Waals surface area contributed by atoms with E-state index in [1.54, 1.807) is 34.9 Å². The molecule has 0 atom stereocenters. The van der Waals surface area contributed by atoms with Gasteiger partial charge in [0.2, 0.25) is 0 Å². The zero-order chi connectivity index (χ0) is 19.0. The molecule has 2 aromatic carbocycles. The predicted octanol–water partition coefficient (Wildman–Crippen LogP) is 3.09. The first kappa shape index (κ1) is 17.5. The summed E-state index contributed by atoms with van der Waals surface area (Å²) in [6, 6.07) is 10.6. The summed E-state index contributed by atoms with van der Waals surface area (Å²) in [4.78, 5) is 12.3. The first-order valence-electron chi connectivity index (χ1n) is 7.94. The summed E-state index contributed by atoms with van der Waals surface area (Å²) in [5.41, 5.74) is 0.827. The number of sulfonamides is 1. The second kappa shape index (κ2) is 6.67. The van der Waals surface area contributed by atoms with E-state index in [1.165, 1.54) is 25.3 Å². The number of anilines is 1. The van der Waals surface area contributed by atoms with Crippen LogP contribution in [0.5, 0.6) is 0 Å². The van der Waals surface area contributed by atoms with Crippen LogP contribution in [0.2, 0.25) is 0 Å². The predicted molar refractivity (Wildman–Crippen MR) is 106 cm³/mol. The molecule has 138 valence electrons.